The van der Waals surface area contributed by atoms with Crippen LogP contribution in [0.1, 0.15) is 10.4 Å². The summed E-state index contributed by atoms with van der Waals surface area (Å²) >= 11 is 1.05. The molecule has 4 nitrogen and oxygen atoms in total. The number of pyridine rings is 1. The van der Waals surface area contributed by atoms with Gasteiger partial charge in [0.2, 0.25) is 0 Å². The molecule has 0 atom stereocenters. The predicted octanol–water partition coefficient (Wildman–Crippen LogP) is 0.797. The number of nitrogens with zero attached hydrogens (tertiary/aromatic N) is 1. The van der Waals surface area contributed by atoms with Gasteiger partial charge in [-0.15, -0.1) is 0 Å². The summed E-state index contributed by atoms with van der Waals surface area (Å²) < 4.78 is 0.713. The second kappa shape index (κ2) is 2.53. The van der Waals surface area contributed by atoms with Gasteiger partial charge in [0.05, 0.1) is 4.70 Å². The lowest BCUT2D eigenvalue weighted by atomic mass is 10.3. The van der Waals surface area contributed by atoms with Crippen LogP contribution < -0.4 is 4.87 Å². The van der Waals surface area contributed by atoms with Crippen molar-refractivity contribution >= 4 is 28.0 Å². The summed E-state index contributed by atoms with van der Waals surface area (Å²) in [6.07, 6.45) is 2.13. The number of hydrogen-bond acceptors (Lipinski definition) is 4. The molecule has 0 fully saturated rings. The Balaban J connectivity index is 2.82. The van der Waals surface area contributed by atoms with E-state index in [0.29, 0.717) is 22.2 Å². The molecule has 0 bridgehead atoms. The van der Waals surface area contributed by atoms with Crippen LogP contribution in [-0.2, 0) is 0 Å². The van der Waals surface area contributed by atoms with Crippen molar-refractivity contribution in [2.75, 3.05) is 0 Å². The molecule has 2 rings (SSSR count). The van der Waals surface area contributed by atoms with Crippen LogP contribution in [-0.4, -0.2) is 16.3 Å². The Kier molecular flexibility index (Phi) is 1.51. The first-order chi connectivity index (χ1) is 5.79. The van der Waals surface area contributed by atoms with E-state index in [1.807, 2.05) is 0 Å². The van der Waals surface area contributed by atoms with E-state index in [9.17, 15) is 9.59 Å². The molecule has 0 radical (unpaired) electrons. The monoisotopic (exact) mass is 180 g/mol. The van der Waals surface area contributed by atoms with Crippen molar-refractivity contribution in [3.05, 3.63) is 27.5 Å². The highest BCUT2D eigenvalue weighted by molar-refractivity contribution is 7.16. The summed E-state index contributed by atoms with van der Waals surface area (Å²) in [6, 6.07) is 1.64. The highest BCUT2D eigenvalue weighted by atomic mass is 32.1. The Bertz CT molecular complexity index is 485. The number of nitrogens with one attached hydrogen (secondary N) is 1. The van der Waals surface area contributed by atoms with Gasteiger partial charge in [0.1, 0.15) is 0 Å². The van der Waals surface area contributed by atoms with Crippen molar-refractivity contribution in [2.45, 2.75) is 0 Å². The number of hydrogen-bond donors (Lipinski definition) is 1. The van der Waals surface area contributed by atoms with Gasteiger partial charge < -0.3 is 0 Å². The summed E-state index contributed by atoms with van der Waals surface area (Å²) in [6.45, 7) is 0. The lowest BCUT2D eigenvalue weighted by Gasteiger charge is -1.87. The number of thiazole rings is 1. The van der Waals surface area contributed by atoms with E-state index in [2.05, 4.69) is 9.97 Å². The maximum atomic E-state index is 10.8. The van der Waals surface area contributed by atoms with Crippen molar-refractivity contribution in [2.24, 2.45) is 0 Å². The Hall–Kier alpha value is -1.49. The van der Waals surface area contributed by atoms with Gasteiger partial charge in [-0.3, -0.25) is 14.6 Å². The average molecular weight is 180 g/mol. The van der Waals surface area contributed by atoms with E-state index in [0.717, 1.165) is 11.3 Å². The molecular formula is C7H4N2O2S. The van der Waals surface area contributed by atoms with Crippen molar-refractivity contribution in [1.29, 1.82) is 0 Å². The molecule has 60 valence electrons. The molecule has 12 heavy (non-hydrogen) atoms. The number of aromatic nitrogens is 2. The number of aldehydes is 1. The van der Waals surface area contributed by atoms with Crippen molar-refractivity contribution in [1.82, 2.24) is 9.97 Å². The maximum Gasteiger partial charge on any atom is 0.306 e. The van der Waals surface area contributed by atoms with E-state index in [1.165, 1.54) is 6.20 Å². The molecule has 0 saturated heterocycles. The zero-order chi connectivity index (χ0) is 8.55. The van der Waals surface area contributed by atoms with E-state index in [1.54, 1.807) is 6.07 Å². The minimum atomic E-state index is -0.152. The number of carbonyl (C=O) groups excluding carboxylic acids is 1. The molecule has 1 N–H and O–H groups in total. The molecule has 0 aliphatic rings. The topological polar surface area (TPSA) is 62.8 Å². The predicted molar refractivity (Wildman–Crippen MR) is 45.6 cm³/mol. The fourth-order valence-electron chi connectivity index (χ4n) is 0.918. The Labute approximate surface area is 70.9 Å². The van der Waals surface area contributed by atoms with Gasteiger partial charge in [0, 0.05) is 11.8 Å². The van der Waals surface area contributed by atoms with Gasteiger partial charge >= 0.3 is 4.87 Å². The molecule has 5 heteroatoms. The normalized spacial score (nSPS) is 10.3. The smallest absolute Gasteiger partial charge is 0.298 e. The second-order valence-corrected chi connectivity index (χ2v) is 3.26. The number of rotatable bonds is 1. The average Bonchev–Trinajstić information content (AvgIpc) is 2.43. The standard InChI is InChI=1S/C7H4N2O2S/c10-3-4-1-5-6(8-2-4)9-7(11)12-5/h1-3H,(H,8,9,11). The number of carbonyl (C=O) groups is 1. The van der Waals surface area contributed by atoms with Crippen molar-refractivity contribution in [3.8, 4) is 0 Å². The van der Waals surface area contributed by atoms with Crippen LogP contribution in [0.2, 0.25) is 0 Å². The second-order valence-electron chi connectivity index (χ2n) is 2.25. The van der Waals surface area contributed by atoms with Crippen molar-refractivity contribution < 1.29 is 4.79 Å². The Morgan fingerprint density at radius 2 is 2.42 bits per heavy atom. The summed E-state index contributed by atoms with van der Waals surface area (Å²) in [5, 5.41) is 0. The Morgan fingerprint density at radius 3 is 3.17 bits per heavy atom. The van der Waals surface area contributed by atoms with Gasteiger partial charge in [-0.2, -0.15) is 0 Å². The quantitative estimate of drug-likeness (QED) is 0.660. The van der Waals surface area contributed by atoms with Crippen LogP contribution in [0.15, 0.2) is 17.1 Å². The first-order valence-electron chi connectivity index (χ1n) is 3.23. The highest BCUT2D eigenvalue weighted by Crippen LogP contribution is 2.11. The third-order valence-electron chi connectivity index (χ3n) is 1.43. The highest BCUT2D eigenvalue weighted by Gasteiger charge is 2.00. The largest absolute Gasteiger partial charge is 0.306 e. The minimum absolute atomic E-state index is 0.152. The first kappa shape index (κ1) is 7.17. The zero-order valence-electron chi connectivity index (χ0n) is 5.90. The van der Waals surface area contributed by atoms with Crippen LogP contribution in [0.3, 0.4) is 0 Å². The van der Waals surface area contributed by atoms with Crippen LogP contribution in [0, 0.1) is 0 Å². The van der Waals surface area contributed by atoms with Crippen LogP contribution >= 0.6 is 11.3 Å². The maximum absolute atomic E-state index is 10.8. The molecule has 2 aromatic rings. The summed E-state index contributed by atoms with van der Waals surface area (Å²) in [4.78, 5) is 27.4. The lowest BCUT2D eigenvalue weighted by Crippen LogP contribution is -1.90. The third kappa shape index (κ3) is 1.04. The molecule has 0 aliphatic heterocycles. The lowest BCUT2D eigenvalue weighted by molar-refractivity contribution is 0.112. The van der Waals surface area contributed by atoms with Gasteiger partial charge in [-0.25, -0.2) is 4.98 Å². The molecule has 0 aromatic carbocycles. The fourth-order valence-corrected chi connectivity index (χ4v) is 1.66. The van der Waals surface area contributed by atoms with Gasteiger partial charge in [0.25, 0.3) is 0 Å². The van der Waals surface area contributed by atoms with E-state index in [4.69, 9.17) is 0 Å². The molecule has 0 aliphatic carbocycles. The molecule has 2 heterocycles. The fraction of sp³-hybridized carbons (Fsp3) is 0. The molecule has 0 saturated carbocycles. The molecule has 2 aromatic heterocycles. The van der Waals surface area contributed by atoms with Crippen LogP contribution in [0.5, 0.6) is 0 Å². The van der Waals surface area contributed by atoms with Gasteiger partial charge in [-0.05, 0) is 6.07 Å². The van der Waals surface area contributed by atoms with E-state index < -0.39 is 0 Å². The van der Waals surface area contributed by atoms with Crippen LogP contribution in [0.4, 0.5) is 0 Å². The Morgan fingerprint density at radius 1 is 1.58 bits per heavy atom. The number of H-pyrrole nitrogens is 1. The SMILES string of the molecule is O=Cc1cnc2[nH]c(=O)sc2c1. The summed E-state index contributed by atoms with van der Waals surface area (Å²) in [7, 11) is 0. The van der Waals surface area contributed by atoms with Gasteiger partial charge in [0.15, 0.2) is 11.9 Å². The first-order valence-corrected chi connectivity index (χ1v) is 4.05. The van der Waals surface area contributed by atoms with Gasteiger partial charge in [-0.1, -0.05) is 11.3 Å². The molecule has 0 spiro atoms. The van der Waals surface area contributed by atoms with E-state index in [-0.39, 0.29) is 4.87 Å². The third-order valence-corrected chi connectivity index (χ3v) is 2.25. The molecule has 0 amide bonds. The number of aromatic amines is 1. The van der Waals surface area contributed by atoms with Crippen molar-refractivity contribution in [3.63, 3.8) is 0 Å². The number of fused-ring (bicyclic) bond motifs is 1. The summed E-state index contributed by atoms with van der Waals surface area (Å²) in [5.74, 6) is 0. The van der Waals surface area contributed by atoms with E-state index >= 15 is 0 Å². The zero-order valence-corrected chi connectivity index (χ0v) is 6.72. The van der Waals surface area contributed by atoms with Crippen LogP contribution in [0.25, 0.3) is 10.3 Å². The summed E-state index contributed by atoms with van der Waals surface area (Å²) in [5.41, 5.74) is 1.02. The minimum Gasteiger partial charge on any atom is -0.298 e. The molecular weight excluding hydrogens is 176 g/mol. The molecule has 0 unspecified atom stereocenters.